The zero-order valence-electron chi connectivity index (χ0n) is 17.2. The van der Waals surface area contributed by atoms with Crippen LogP contribution in [0.3, 0.4) is 0 Å². The number of rotatable bonds is 5. The summed E-state index contributed by atoms with van der Waals surface area (Å²) in [5.74, 6) is 0.775. The molecule has 3 aromatic rings. The molecule has 1 aliphatic heterocycles. The Balaban J connectivity index is 0.00000160. The first-order chi connectivity index (χ1) is 13.5. The van der Waals surface area contributed by atoms with E-state index in [1.165, 1.54) is 5.56 Å². The second-order valence-corrected chi connectivity index (χ2v) is 8.01. The summed E-state index contributed by atoms with van der Waals surface area (Å²) in [5.41, 5.74) is 9.50. The second-order valence-electron chi connectivity index (χ2n) is 8.01. The number of imidazole rings is 1. The molecule has 162 valence electrons. The first-order valence-corrected chi connectivity index (χ1v) is 9.62. The fourth-order valence-corrected chi connectivity index (χ4v) is 3.62. The number of aryl methyl sites for hydroxylation is 1. The summed E-state index contributed by atoms with van der Waals surface area (Å²) < 4.78 is 7.85. The van der Waals surface area contributed by atoms with Crippen molar-refractivity contribution in [1.29, 1.82) is 0 Å². The van der Waals surface area contributed by atoms with E-state index >= 15 is 0 Å². The van der Waals surface area contributed by atoms with Crippen LogP contribution in [0.25, 0.3) is 5.65 Å². The van der Waals surface area contributed by atoms with Crippen LogP contribution in [0, 0.1) is 12.3 Å². The molecule has 4 rings (SSSR count). The Labute approximate surface area is 189 Å². The molecule has 0 radical (unpaired) electrons. The van der Waals surface area contributed by atoms with Gasteiger partial charge in [-0.25, -0.2) is 4.98 Å². The first-order valence-electron chi connectivity index (χ1n) is 9.62. The normalized spacial score (nSPS) is 18.0. The molecule has 0 spiro atoms. The van der Waals surface area contributed by atoms with Gasteiger partial charge in [-0.05, 0) is 61.2 Å². The van der Waals surface area contributed by atoms with Crippen LogP contribution in [0.2, 0.25) is 0 Å². The summed E-state index contributed by atoms with van der Waals surface area (Å²) in [7, 11) is 0. The van der Waals surface area contributed by atoms with Crippen molar-refractivity contribution in [3.8, 4) is 5.75 Å². The molecule has 30 heavy (non-hydrogen) atoms. The van der Waals surface area contributed by atoms with Crippen LogP contribution < -0.4 is 10.5 Å². The van der Waals surface area contributed by atoms with E-state index < -0.39 is 0 Å². The molecule has 0 aliphatic carbocycles. The number of hydrogen-bond donors (Lipinski definition) is 1. The van der Waals surface area contributed by atoms with Gasteiger partial charge in [-0.3, -0.25) is 4.79 Å². The summed E-state index contributed by atoms with van der Waals surface area (Å²) >= 11 is 0. The Bertz CT molecular complexity index is 1010. The number of carbonyl (C=O) groups excluding carboxylic acids is 1. The summed E-state index contributed by atoms with van der Waals surface area (Å²) in [6, 6.07) is 11.4. The molecule has 1 saturated heterocycles. The van der Waals surface area contributed by atoms with E-state index in [1.54, 1.807) is 0 Å². The maximum Gasteiger partial charge on any atom is 0.253 e. The van der Waals surface area contributed by atoms with Crippen molar-refractivity contribution >= 4 is 36.4 Å². The number of amides is 1. The number of carbonyl (C=O) groups is 1. The molecule has 2 aromatic heterocycles. The van der Waals surface area contributed by atoms with Gasteiger partial charge in [0.2, 0.25) is 0 Å². The number of ether oxygens (including phenoxy) is 1. The van der Waals surface area contributed by atoms with Gasteiger partial charge in [-0.1, -0.05) is 13.0 Å². The zero-order chi connectivity index (χ0) is 19.7. The van der Waals surface area contributed by atoms with E-state index in [2.05, 4.69) is 18.8 Å². The monoisotopic (exact) mass is 450 g/mol. The van der Waals surface area contributed by atoms with Crippen LogP contribution in [0.4, 0.5) is 0 Å². The highest BCUT2D eigenvalue weighted by Crippen LogP contribution is 2.29. The molecule has 6 nitrogen and oxygen atoms in total. The third kappa shape index (κ3) is 5.06. The summed E-state index contributed by atoms with van der Waals surface area (Å²) in [6.07, 6.45) is 4.97. The molecule has 8 heteroatoms. The zero-order valence-corrected chi connectivity index (χ0v) is 18.8. The third-order valence-corrected chi connectivity index (χ3v) is 5.47. The minimum absolute atomic E-state index is 0. The molecule has 2 N–H and O–H groups in total. The van der Waals surface area contributed by atoms with Gasteiger partial charge >= 0.3 is 0 Å². The molecule has 1 amide bonds. The van der Waals surface area contributed by atoms with Gasteiger partial charge in [0.25, 0.3) is 5.91 Å². The lowest BCUT2D eigenvalue weighted by Gasteiger charge is -2.22. The predicted octanol–water partition coefficient (Wildman–Crippen LogP) is 3.88. The van der Waals surface area contributed by atoms with Crippen molar-refractivity contribution in [2.24, 2.45) is 11.1 Å². The molecule has 1 fully saturated rings. The van der Waals surface area contributed by atoms with Crippen molar-refractivity contribution in [2.75, 3.05) is 19.6 Å². The van der Waals surface area contributed by atoms with Crippen molar-refractivity contribution in [3.05, 3.63) is 65.6 Å². The fourth-order valence-electron chi connectivity index (χ4n) is 3.62. The number of fused-ring (bicyclic) bond motifs is 1. The Morgan fingerprint density at radius 3 is 2.57 bits per heavy atom. The van der Waals surface area contributed by atoms with Crippen molar-refractivity contribution in [3.63, 3.8) is 0 Å². The molecule has 1 aromatic carbocycles. The molecule has 1 atom stereocenters. The average molecular weight is 451 g/mol. The van der Waals surface area contributed by atoms with Crippen LogP contribution in [0.5, 0.6) is 5.75 Å². The highest BCUT2D eigenvalue weighted by molar-refractivity contribution is 5.94. The Morgan fingerprint density at radius 1 is 1.17 bits per heavy atom. The molecular formula is C22H28Cl2N4O2. The Kier molecular flexibility index (Phi) is 7.75. The van der Waals surface area contributed by atoms with Gasteiger partial charge in [0.1, 0.15) is 18.0 Å². The minimum atomic E-state index is 0. The lowest BCUT2D eigenvalue weighted by Crippen LogP contribution is -2.34. The van der Waals surface area contributed by atoms with E-state index in [9.17, 15) is 4.79 Å². The summed E-state index contributed by atoms with van der Waals surface area (Å²) in [5, 5.41) is 0. The molecule has 0 saturated carbocycles. The Hall–Kier alpha value is -2.28. The maximum atomic E-state index is 12.7. The number of halogens is 2. The number of nitrogens with zero attached hydrogens (tertiary/aromatic N) is 3. The number of likely N-dealkylation sites (tertiary alicyclic amines) is 1. The van der Waals surface area contributed by atoms with Crippen LogP contribution in [0.1, 0.15) is 35.0 Å². The molecule has 1 unspecified atom stereocenters. The number of benzene rings is 1. The van der Waals surface area contributed by atoms with E-state index in [1.807, 2.05) is 58.1 Å². The average Bonchev–Trinajstić information content (AvgIpc) is 3.30. The van der Waals surface area contributed by atoms with Gasteiger partial charge < -0.3 is 19.8 Å². The van der Waals surface area contributed by atoms with E-state index in [0.29, 0.717) is 25.3 Å². The van der Waals surface area contributed by atoms with Crippen LogP contribution in [-0.4, -0.2) is 39.8 Å². The van der Waals surface area contributed by atoms with Crippen LogP contribution in [0.15, 0.2) is 48.8 Å². The maximum absolute atomic E-state index is 12.7. The minimum Gasteiger partial charge on any atom is -0.487 e. The highest BCUT2D eigenvalue weighted by Gasteiger charge is 2.35. The standard InChI is InChI=1S/C22H26N4O2.2ClH/c1-16-3-8-20-24-18(12-26(20)11-16)13-28-19-6-4-17(5-7-19)21(27)25-10-9-22(2,14-23)15-25;;/h3-8,11-12H,9-10,13-15,23H2,1-2H3;2*1H. The topological polar surface area (TPSA) is 72.9 Å². The summed E-state index contributed by atoms with van der Waals surface area (Å²) in [4.78, 5) is 19.1. The van der Waals surface area contributed by atoms with Gasteiger partial charge in [0.15, 0.2) is 0 Å². The lowest BCUT2D eigenvalue weighted by molar-refractivity contribution is 0.0777. The second kappa shape index (κ2) is 9.69. The van der Waals surface area contributed by atoms with Crippen LogP contribution >= 0.6 is 24.8 Å². The number of pyridine rings is 1. The SMILES string of the molecule is Cc1ccc2nc(COc3ccc(C(=O)N4CCC(C)(CN)C4)cc3)cn2c1.Cl.Cl. The smallest absolute Gasteiger partial charge is 0.253 e. The van der Waals surface area contributed by atoms with E-state index in [-0.39, 0.29) is 36.1 Å². The fraction of sp³-hybridized carbons (Fsp3) is 0.364. The van der Waals surface area contributed by atoms with Crippen molar-refractivity contribution < 1.29 is 9.53 Å². The van der Waals surface area contributed by atoms with Gasteiger partial charge in [-0.2, -0.15) is 0 Å². The number of aromatic nitrogens is 2. The molecule has 1 aliphatic rings. The van der Waals surface area contributed by atoms with Gasteiger partial charge in [0.05, 0.1) is 5.69 Å². The van der Waals surface area contributed by atoms with Crippen molar-refractivity contribution in [2.45, 2.75) is 26.9 Å². The first kappa shape index (κ1) is 24.0. The van der Waals surface area contributed by atoms with E-state index in [4.69, 9.17) is 10.5 Å². The third-order valence-electron chi connectivity index (χ3n) is 5.47. The number of hydrogen-bond acceptors (Lipinski definition) is 4. The van der Waals surface area contributed by atoms with Crippen molar-refractivity contribution in [1.82, 2.24) is 14.3 Å². The van der Waals surface area contributed by atoms with Crippen LogP contribution in [-0.2, 0) is 6.61 Å². The van der Waals surface area contributed by atoms with E-state index in [0.717, 1.165) is 30.1 Å². The molecule has 0 bridgehead atoms. The lowest BCUT2D eigenvalue weighted by atomic mass is 9.90. The molecular weight excluding hydrogens is 423 g/mol. The quantitative estimate of drug-likeness (QED) is 0.639. The highest BCUT2D eigenvalue weighted by atomic mass is 35.5. The van der Waals surface area contributed by atoms with Gasteiger partial charge in [-0.15, -0.1) is 24.8 Å². The Morgan fingerprint density at radius 2 is 1.90 bits per heavy atom. The number of nitrogens with two attached hydrogens (primary N) is 1. The largest absolute Gasteiger partial charge is 0.487 e. The summed E-state index contributed by atoms with van der Waals surface area (Å²) in [6.45, 7) is 6.66. The van der Waals surface area contributed by atoms with Gasteiger partial charge in [0, 0.05) is 31.0 Å². The predicted molar refractivity (Wildman–Crippen MR) is 123 cm³/mol. The molecule has 3 heterocycles.